The van der Waals surface area contributed by atoms with Crippen molar-refractivity contribution in [2.24, 2.45) is 35.5 Å². The lowest BCUT2D eigenvalue weighted by molar-refractivity contribution is -0.143. The van der Waals surface area contributed by atoms with Crippen LogP contribution in [0.25, 0.3) is 0 Å². The van der Waals surface area contributed by atoms with Crippen LogP contribution in [0.5, 0.6) is 0 Å². The Hall–Kier alpha value is -1.85. The minimum Gasteiger partial charge on any atom is -0.272 e. The lowest BCUT2D eigenvalue weighted by Gasteiger charge is -2.37. The highest BCUT2D eigenvalue weighted by atomic mass is 35.5. The molecule has 5 aliphatic rings. The van der Waals surface area contributed by atoms with Gasteiger partial charge in [-0.3, -0.25) is 19.8 Å². The molecule has 1 saturated heterocycles. The molecule has 1 heterocycles. The molecule has 25 heavy (non-hydrogen) atoms. The minimum absolute atomic E-state index is 0.128. The van der Waals surface area contributed by atoms with E-state index in [9.17, 15) is 14.4 Å². The Morgan fingerprint density at radius 1 is 1.00 bits per heavy atom. The number of nitrogens with one attached hydrogen (secondary N) is 1. The van der Waals surface area contributed by atoms with E-state index in [0.29, 0.717) is 16.9 Å². The molecule has 4 aliphatic carbocycles. The molecule has 5 nitrogen and oxygen atoms in total. The predicted octanol–water partition coefficient (Wildman–Crippen LogP) is 2.69. The molecule has 1 aromatic rings. The van der Waals surface area contributed by atoms with E-state index in [-0.39, 0.29) is 46.1 Å². The largest absolute Gasteiger partial charge is 0.272 e. The molecule has 3 amide bonds. The number of hydrazine groups is 1. The summed E-state index contributed by atoms with van der Waals surface area (Å²) in [5, 5.41) is 1.49. The molecular formula is C18H14Cl2N2O3. The van der Waals surface area contributed by atoms with Crippen LogP contribution in [0.2, 0.25) is 10.0 Å². The molecule has 0 radical (unpaired) electrons. The molecule has 6 rings (SSSR count). The molecular weight excluding hydrogens is 363 g/mol. The monoisotopic (exact) mass is 376 g/mol. The maximum Gasteiger partial charge on any atom is 0.270 e. The Balaban J connectivity index is 1.40. The minimum atomic E-state index is -0.552. The van der Waals surface area contributed by atoms with Gasteiger partial charge in [-0.05, 0) is 48.3 Å². The Morgan fingerprint density at radius 2 is 1.60 bits per heavy atom. The van der Waals surface area contributed by atoms with E-state index >= 15 is 0 Å². The van der Waals surface area contributed by atoms with Gasteiger partial charge in [-0.1, -0.05) is 35.4 Å². The van der Waals surface area contributed by atoms with Gasteiger partial charge in [0.05, 0.1) is 21.9 Å². The molecule has 1 aromatic carbocycles. The van der Waals surface area contributed by atoms with Crippen molar-refractivity contribution in [1.29, 1.82) is 0 Å². The normalized spacial score (nSPS) is 37.1. The zero-order valence-electron chi connectivity index (χ0n) is 13.0. The molecule has 0 unspecified atom stereocenters. The number of halogens is 2. The Labute approximate surface area is 153 Å². The summed E-state index contributed by atoms with van der Waals surface area (Å²) in [7, 11) is 0. The highest BCUT2D eigenvalue weighted by molar-refractivity contribution is 6.42. The summed E-state index contributed by atoms with van der Waals surface area (Å²) in [5.74, 6) is -0.504. The summed E-state index contributed by atoms with van der Waals surface area (Å²) < 4.78 is 0. The van der Waals surface area contributed by atoms with E-state index in [1.165, 1.54) is 18.2 Å². The fourth-order valence-electron chi connectivity index (χ4n) is 4.87. The van der Waals surface area contributed by atoms with E-state index in [0.717, 1.165) is 11.4 Å². The molecule has 6 atom stereocenters. The second-order valence-corrected chi connectivity index (χ2v) is 8.05. The maximum absolute atomic E-state index is 12.8. The third-order valence-corrected chi connectivity index (χ3v) is 6.80. The van der Waals surface area contributed by atoms with Gasteiger partial charge in [-0.2, -0.15) is 5.01 Å². The standard InChI is InChI=1S/C18H14Cl2N2O3/c19-12-4-1-7(5-13(12)20)16(23)21-22-17(24)14-8-2-3-9(11-6-10(8)11)15(14)18(22)25/h1-5,8-11,14-15H,6H2,(H,21,23)/t8-,9+,10-,11-,14+,15+/m1/s1. The molecule has 3 fully saturated rings. The van der Waals surface area contributed by atoms with Crippen LogP contribution >= 0.6 is 23.2 Å². The van der Waals surface area contributed by atoms with Crippen molar-refractivity contribution in [3.8, 4) is 0 Å². The summed E-state index contributed by atoms with van der Waals surface area (Å²) in [5.41, 5.74) is 2.71. The second-order valence-electron chi connectivity index (χ2n) is 7.24. The van der Waals surface area contributed by atoms with E-state index in [1.807, 2.05) is 0 Å². The first-order chi connectivity index (χ1) is 12.0. The third kappa shape index (κ3) is 2.06. The van der Waals surface area contributed by atoms with Crippen molar-refractivity contribution in [2.45, 2.75) is 6.42 Å². The highest BCUT2D eigenvalue weighted by Gasteiger charge is 2.67. The van der Waals surface area contributed by atoms with Gasteiger partial charge in [0.25, 0.3) is 17.7 Å². The summed E-state index contributed by atoms with van der Waals surface area (Å²) in [6.45, 7) is 0. The zero-order chi connectivity index (χ0) is 17.5. The quantitative estimate of drug-likeness (QED) is 0.637. The molecule has 2 bridgehead atoms. The van der Waals surface area contributed by atoms with Gasteiger partial charge in [0.2, 0.25) is 0 Å². The maximum atomic E-state index is 12.8. The predicted molar refractivity (Wildman–Crippen MR) is 90.5 cm³/mol. The number of rotatable bonds is 2. The second kappa shape index (κ2) is 5.08. The van der Waals surface area contributed by atoms with Crippen LogP contribution in [-0.4, -0.2) is 22.7 Å². The van der Waals surface area contributed by atoms with Gasteiger partial charge < -0.3 is 0 Å². The van der Waals surface area contributed by atoms with Crippen molar-refractivity contribution in [3.63, 3.8) is 0 Å². The van der Waals surface area contributed by atoms with Crippen LogP contribution in [0, 0.1) is 35.5 Å². The SMILES string of the molecule is O=C(NN1C(=O)[C@H]2[C@@H]3C=C[C@@H]([C@H]4C[C@H]34)[C@@H]2C1=O)c1ccc(Cl)c(Cl)c1. The van der Waals surface area contributed by atoms with Crippen LogP contribution in [0.4, 0.5) is 0 Å². The average Bonchev–Trinajstić information content (AvgIpc) is 3.38. The first kappa shape index (κ1) is 15.4. The first-order valence-corrected chi connectivity index (χ1v) is 9.05. The van der Waals surface area contributed by atoms with Crippen molar-refractivity contribution in [2.75, 3.05) is 0 Å². The summed E-state index contributed by atoms with van der Waals surface area (Å²) in [4.78, 5) is 38.0. The van der Waals surface area contributed by atoms with Crippen molar-refractivity contribution in [1.82, 2.24) is 10.4 Å². The Bertz CT molecular complexity index is 832. The van der Waals surface area contributed by atoms with Crippen LogP contribution in [0.15, 0.2) is 30.4 Å². The van der Waals surface area contributed by atoms with E-state index in [1.54, 1.807) is 0 Å². The summed E-state index contributed by atoms with van der Waals surface area (Å²) in [6, 6.07) is 4.42. The van der Waals surface area contributed by atoms with Crippen LogP contribution in [0.3, 0.4) is 0 Å². The smallest absolute Gasteiger partial charge is 0.270 e. The fraction of sp³-hybridized carbons (Fsp3) is 0.389. The van der Waals surface area contributed by atoms with Gasteiger partial charge in [-0.15, -0.1) is 0 Å². The lowest BCUT2D eigenvalue weighted by atomic mass is 9.63. The van der Waals surface area contributed by atoms with Crippen LogP contribution in [-0.2, 0) is 9.59 Å². The molecule has 128 valence electrons. The van der Waals surface area contributed by atoms with Gasteiger partial charge >= 0.3 is 0 Å². The summed E-state index contributed by atoms with van der Waals surface area (Å²) >= 11 is 11.8. The number of amides is 3. The van der Waals surface area contributed by atoms with E-state index in [4.69, 9.17) is 23.2 Å². The van der Waals surface area contributed by atoms with Crippen LogP contribution in [0.1, 0.15) is 16.8 Å². The number of allylic oxidation sites excluding steroid dienone is 2. The van der Waals surface area contributed by atoms with Crippen molar-refractivity contribution in [3.05, 3.63) is 46.0 Å². The number of carbonyl (C=O) groups excluding carboxylic acids is 3. The molecule has 7 heteroatoms. The average molecular weight is 377 g/mol. The topological polar surface area (TPSA) is 66.5 Å². The van der Waals surface area contributed by atoms with E-state index in [2.05, 4.69) is 17.6 Å². The number of benzene rings is 1. The molecule has 1 N–H and O–H groups in total. The number of carbonyl (C=O) groups is 3. The van der Waals surface area contributed by atoms with Gasteiger partial charge in [-0.25, -0.2) is 0 Å². The third-order valence-electron chi connectivity index (χ3n) is 6.06. The van der Waals surface area contributed by atoms with Crippen LogP contribution < -0.4 is 5.43 Å². The van der Waals surface area contributed by atoms with Crippen molar-refractivity contribution >= 4 is 40.9 Å². The fourth-order valence-corrected chi connectivity index (χ4v) is 5.17. The molecule has 2 saturated carbocycles. The Kier molecular flexibility index (Phi) is 3.13. The number of hydrogen-bond acceptors (Lipinski definition) is 3. The number of hydrogen-bond donors (Lipinski definition) is 1. The molecule has 0 spiro atoms. The van der Waals surface area contributed by atoms with Crippen molar-refractivity contribution < 1.29 is 14.4 Å². The first-order valence-electron chi connectivity index (χ1n) is 8.29. The Morgan fingerprint density at radius 3 is 2.16 bits per heavy atom. The van der Waals surface area contributed by atoms with E-state index < -0.39 is 5.91 Å². The lowest BCUT2D eigenvalue weighted by Crippen LogP contribution is -2.46. The number of imide groups is 1. The van der Waals surface area contributed by atoms with Gasteiger partial charge in [0, 0.05) is 5.56 Å². The van der Waals surface area contributed by atoms with Gasteiger partial charge in [0.1, 0.15) is 0 Å². The molecule has 1 aliphatic heterocycles. The number of nitrogens with zero attached hydrogens (tertiary/aromatic N) is 1. The highest BCUT2D eigenvalue weighted by Crippen LogP contribution is 2.65. The summed E-state index contributed by atoms with van der Waals surface area (Å²) in [6.07, 6.45) is 5.29. The zero-order valence-corrected chi connectivity index (χ0v) is 14.5. The molecule has 0 aromatic heterocycles. The van der Waals surface area contributed by atoms with Gasteiger partial charge in [0.15, 0.2) is 0 Å².